The maximum absolute atomic E-state index is 14.1. The van der Waals surface area contributed by atoms with Gasteiger partial charge >= 0.3 is 0 Å². The molecule has 0 atom stereocenters. The van der Waals surface area contributed by atoms with Crippen LogP contribution in [0.1, 0.15) is 47.6 Å². The minimum Gasteiger partial charge on any atom is -0.496 e. The number of ether oxygens (including phenoxy) is 3. The fourth-order valence-corrected chi connectivity index (χ4v) is 5.79. The second-order valence-corrected chi connectivity index (χ2v) is 11.7. The molecule has 5 rings (SSSR count). The van der Waals surface area contributed by atoms with Crippen molar-refractivity contribution < 1.29 is 19.0 Å². The van der Waals surface area contributed by atoms with Gasteiger partial charge in [0.25, 0.3) is 5.91 Å². The summed E-state index contributed by atoms with van der Waals surface area (Å²) in [5.74, 6) is 1.75. The second kappa shape index (κ2) is 13.9. The highest BCUT2D eigenvalue weighted by Crippen LogP contribution is 2.38. The highest BCUT2D eigenvalue weighted by Gasteiger charge is 2.26. The van der Waals surface area contributed by atoms with Crippen LogP contribution in [0.3, 0.4) is 0 Å². The quantitative estimate of drug-likeness (QED) is 0.144. The highest BCUT2D eigenvalue weighted by atomic mass is 35.5. The van der Waals surface area contributed by atoms with E-state index < -0.39 is 0 Å². The molecule has 0 saturated carbocycles. The molecule has 1 amide bonds. The number of hydrogen-bond donors (Lipinski definition) is 1. The Labute approximate surface area is 269 Å². The molecule has 0 radical (unpaired) electrons. The maximum atomic E-state index is 14.1. The van der Waals surface area contributed by atoms with Crippen molar-refractivity contribution in [2.45, 2.75) is 33.2 Å². The molecule has 3 aromatic carbocycles. The summed E-state index contributed by atoms with van der Waals surface area (Å²) in [6.07, 6.45) is 3.35. The standard InChI is InChI=1S/C36H39ClN4O4/c1-23(2)16-18-40(36(42)28-13-15-32(44-4)35(45-5)34(28)37)22-29-30(41-17-7-6-11-33(41)39-29)21-26-19-25(12-14-31(26)43-3)24-9-8-10-27(38)20-24/h6-15,17,19-20,23H,16,18,21-22,38H2,1-5H3. The highest BCUT2D eigenvalue weighted by molar-refractivity contribution is 6.35. The predicted octanol–water partition coefficient (Wildman–Crippen LogP) is 7.54. The molecule has 0 unspecified atom stereocenters. The fourth-order valence-electron chi connectivity index (χ4n) is 5.48. The van der Waals surface area contributed by atoms with Crippen molar-refractivity contribution in [2.24, 2.45) is 5.92 Å². The van der Waals surface area contributed by atoms with Crippen LogP contribution in [0.4, 0.5) is 5.69 Å². The Balaban J connectivity index is 1.56. The summed E-state index contributed by atoms with van der Waals surface area (Å²) in [4.78, 5) is 21.0. The zero-order chi connectivity index (χ0) is 32.1. The van der Waals surface area contributed by atoms with Crippen molar-refractivity contribution in [2.75, 3.05) is 33.6 Å². The number of methoxy groups -OCH3 is 3. The monoisotopic (exact) mass is 626 g/mol. The van der Waals surface area contributed by atoms with E-state index in [0.717, 1.165) is 45.9 Å². The van der Waals surface area contributed by atoms with Crippen LogP contribution in [0.5, 0.6) is 17.2 Å². The molecule has 0 saturated heterocycles. The molecule has 0 aliphatic rings. The van der Waals surface area contributed by atoms with Crippen LogP contribution in [-0.2, 0) is 13.0 Å². The molecule has 45 heavy (non-hydrogen) atoms. The third-order valence-corrected chi connectivity index (χ3v) is 8.26. The van der Waals surface area contributed by atoms with Crippen LogP contribution in [0.2, 0.25) is 5.02 Å². The van der Waals surface area contributed by atoms with Crippen LogP contribution in [0, 0.1) is 5.92 Å². The molecule has 0 bridgehead atoms. The van der Waals surface area contributed by atoms with Gasteiger partial charge in [-0.2, -0.15) is 0 Å². The SMILES string of the molecule is COc1ccc(-c2cccc(N)c2)cc1Cc1c(CN(CCC(C)C)C(=O)c2ccc(OC)c(OC)c2Cl)nc2ccccn12. The molecule has 8 nitrogen and oxygen atoms in total. The minimum absolute atomic E-state index is 0.203. The zero-order valence-electron chi connectivity index (χ0n) is 26.3. The normalized spacial score (nSPS) is 11.2. The lowest BCUT2D eigenvalue weighted by Crippen LogP contribution is -2.33. The molecular weight excluding hydrogens is 588 g/mol. The number of carbonyl (C=O) groups is 1. The summed E-state index contributed by atoms with van der Waals surface area (Å²) >= 11 is 6.71. The molecule has 0 aliphatic carbocycles. The lowest BCUT2D eigenvalue weighted by Gasteiger charge is -2.25. The van der Waals surface area contributed by atoms with Gasteiger partial charge in [-0.3, -0.25) is 4.79 Å². The summed E-state index contributed by atoms with van der Waals surface area (Å²) < 4.78 is 18.8. The van der Waals surface area contributed by atoms with Crippen LogP contribution >= 0.6 is 11.6 Å². The largest absolute Gasteiger partial charge is 0.496 e. The lowest BCUT2D eigenvalue weighted by atomic mass is 9.99. The number of rotatable bonds is 12. The lowest BCUT2D eigenvalue weighted by molar-refractivity contribution is 0.0733. The van der Waals surface area contributed by atoms with E-state index in [4.69, 9.17) is 36.5 Å². The molecular formula is C36H39ClN4O4. The van der Waals surface area contributed by atoms with Crippen LogP contribution in [0.25, 0.3) is 16.8 Å². The third kappa shape index (κ3) is 6.86. The first-order valence-electron chi connectivity index (χ1n) is 14.9. The predicted molar refractivity (Wildman–Crippen MR) is 180 cm³/mol. The van der Waals surface area contributed by atoms with Crippen LogP contribution < -0.4 is 19.9 Å². The van der Waals surface area contributed by atoms with Gasteiger partial charge in [0.15, 0.2) is 11.5 Å². The van der Waals surface area contributed by atoms with Crippen molar-refractivity contribution in [3.05, 3.63) is 107 Å². The molecule has 234 valence electrons. The summed E-state index contributed by atoms with van der Waals surface area (Å²) in [6, 6.07) is 23.3. The van der Waals surface area contributed by atoms with Crippen molar-refractivity contribution in [1.29, 1.82) is 0 Å². The van der Waals surface area contributed by atoms with Gasteiger partial charge in [0, 0.05) is 30.4 Å². The molecule has 0 aliphatic heterocycles. The average Bonchev–Trinajstić information content (AvgIpc) is 3.38. The van der Waals surface area contributed by atoms with E-state index >= 15 is 0 Å². The topological polar surface area (TPSA) is 91.3 Å². The number of carbonyl (C=O) groups excluding carboxylic acids is 1. The number of hydrogen-bond acceptors (Lipinski definition) is 6. The minimum atomic E-state index is -0.203. The Bertz CT molecular complexity index is 1820. The van der Waals surface area contributed by atoms with Crippen molar-refractivity contribution in [3.63, 3.8) is 0 Å². The Morgan fingerprint density at radius 1 is 0.933 bits per heavy atom. The Morgan fingerprint density at radius 3 is 2.40 bits per heavy atom. The third-order valence-electron chi connectivity index (χ3n) is 7.89. The first-order valence-corrected chi connectivity index (χ1v) is 15.3. The molecule has 9 heteroatoms. The Morgan fingerprint density at radius 2 is 1.69 bits per heavy atom. The number of nitrogen functional groups attached to an aromatic ring is 1. The smallest absolute Gasteiger partial charge is 0.255 e. The van der Waals surface area contributed by atoms with E-state index in [1.54, 1.807) is 19.2 Å². The Kier molecular flexibility index (Phi) is 9.83. The summed E-state index contributed by atoms with van der Waals surface area (Å²) in [7, 11) is 4.72. The number of benzene rings is 3. The van der Waals surface area contributed by atoms with Gasteiger partial charge in [0.05, 0.1) is 49.8 Å². The zero-order valence-corrected chi connectivity index (χ0v) is 27.1. The van der Waals surface area contributed by atoms with E-state index in [2.05, 4.69) is 24.3 Å². The van der Waals surface area contributed by atoms with Crippen LogP contribution in [-0.4, -0.2) is 48.1 Å². The number of halogens is 1. The van der Waals surface area contributed by atoms with Gasteiger partial charge in [0.2, 0.25) is 0 Å². The summed E-state index contributed by atoms with van der Waals surface area (Å²) in [6.45, 7) is 5.11. The number of amides is 1. The molecule has 2 aromatic heterocycles. The summed E-state index contributed by atoms with van der Waals surface area (Å²) in [5, 5.41) is 0.217. The number of nitrogens with zero attached hydrogens (tertiary/aromatic N) is 3. The Hall–Kier alpha value is -4.69. The maximum Gasteiger partial charge on any atom is 0.255 e. The first-order chi connectivity index (χ1) is 21.7. The van der Waals surface area contributed by atoms with Crippen molar-refractivity contribution in [1.82, 2.24) is 14.3 Å². The number of pyridine rings is 1. The first kappa shape index (κ1) is 31.7. The summed E-state index contributed by atoms with van der Waals surface area (Å²) in [5.41, 5.74) is 12.8. The molecule has 0 spiro atoms. The second-order valence-electron chi connectivity index (χ2n) is 11.3. The van der Waals surface area contributed by atoms with E-state index in [9.17, 15) is 4.79 Å². The number of aromatic nitrogens is 2. The van der Waals surface area contributed by atoms with Gasteiger partial charge in [0.1, 0.15) is 11.4 Å². The number of nitrogens with two attached hydrogens (primary N) is 1. The van der Waals surface area contributed by atoms with E-state index in [-0.39, 0.29) is 10.9 Å². The van der Waals surface area contributed by atoms with Gasteiger partial charge in [-0.05, 0) is 72.0 Å². The van der Waals surface area contributed by atoms with E-state index in [1.165, 1.54) is 14.2 Å². The number of imidazole rings is 1. The van der Waals surface area contributed by atoms with Crippen molar-refractivity contribution >= 4 is 28.8 Å². The van der Waals surface area contributed by atoms with Crippen LogP contribution in [0.15, 0.2) is 79.0 Å². The fraction of sp³-hybridized carbons (Fsp3) is 0.278. The van der Waals surface area contributed by atoms with Gasteiger partial charge < -0.3 is 29.2 Å². The molecule has 0 fully saturated rings. The van der Waals surface area contributed by atoms with Gasteiger partial charge in [-0.25, -0.2) is 4.98 Å². The average molecular weight is 627 g/mol. The van der Waals surface area contributed by atoms with E-state index in [1.807, 2.05) is 65.7 Å². The molecule has 2 heterocycles. The molecule has 5 aromatic rings. The number of fused-ring (bicyclic) bond motifs is 1. The molecule has 2 N–H and O–H groups in total. The number of anilines is 1. The van der Waals surface area contributed by atoms with Crippen molar-refractivity contribution in [3.8, 4) is 28.4 Å². The van der Waals surface area contributed by atoms with Gasteiger partial charge in [-0.15, -0.1) is 0 Å². The van der Waals surface area contributed by atoms with Gasteiger partial charge in [-0.1, -0.05) is 49.7 Å². The van der Waals surface area contributed by atoms with E-state index in [0.29, 0.717) is 48.2 Å².